The number of rotatable bonds is 6. The van der Waals surface area contributed by atoms with Crippen LogP contribution in [0.25, 0.3) is 0 Å². The standard InChI is InChI=1S/C35H43Si.Ti/c1-11-30-19-31(12-2)21-32(20-30)36(33-17-13-15-23(3)27(33)7,34-18-14-16-24(4)28(34)8)35(10)22-25(5)26(6)29(35)9;/h13-21H,11-12H2,1-10H3;. The molecular formula is C35H43SiTi. The molecule has 0 N–H and O–H groups in total. The van der Waals surface area contributed by atoms with Gasteiger partial charge in [-0.3, -0.25) is 0 Å². The Labute approximate surface area is 238 Å². The van der Waals surface area contributed by atoms with Crippen LogP contribution >= 0.6 is 0 Å². The number of hydrogen-bond donors (Lipinski definition) is 0. The summed E-state index contributed by atoms with van der Waals surface area (Å²) in [6, 6.07) is 21.8. The Bertz CT molecular complexity index is 1340. The Kier molecular flexibility index (Phi) is 7.84. The molecule has 1 aliphatic rings. The summed E-state index contributed by atoms with van der Waals surface area (Å²) in [7, 11) is -2.69. The van der Waals surface area contributed by atoms with Gasteiger partial charge in [-0.25, -0.2) is 0 Å². The van der Waals surface area contributed by atoms with Crippen LogP contribution in [0.15, 0.2) is 75.2 Å². The van der Waals surface area contributed by atoms with Crippen molar-refractivity contribution in [2.24, 2.45) is 0 Å². The van der Waals surface area contributed by atoms with Crippen LogP contribution in [-0.4, -0.2) is 8.07 Å². The van der Waals surface area contributed by atoms with E-state index in [1.54, 1.807) is 25.0 Å². The van der Waals surface area contributed by atoms with E-state index in [1.807, 2.05) is 0 Å². The first-order valence-electron chi connectivity index (χ1n) is 13.8. The molecule has 4 rings (SSSR count). The molecule has 2 heteroatoms. The van der Waals surface area contributed by atoms with Gasteiger partial charge in [0, 0.05) is 0 Å². The molecular weight excluding hydrogens is 496 g/mol. The molecule has 0 amide bonds. The van der Waals surface area contributed by atoms with E-state index in [4.69, 9.17) is 0 Å². The van der Waals surface area contributed by atoms with Gasteiger partial charge in [0.2, 0.25) is 0 Å². The van der Waals surface area contributed by atoms with Gasteiger partial charge in [0.05, 0.1) is 0 Å². The van der Waals surface area contributed by atoms with Crippen molar-refractivity contribution in [3.8, 4) is 0 Å². The van der Waals surface area contributed by atoms with Gasteiger partial charge in [-0.05, 0) is 0 Å². The van der Waals surface area contributed by atoms with E-state index in [1.165, 1.54) is 44.5 Å². The summed E-state index contributed by atoms with van der Waals surface area (Å²) in [5, 5.41) is 4.63. The second-order valence-electron chi connectivity index (χ2n) is 11.4. The second-order valence-corrected chi connectivity index (χ2v) is 16.3. The van der Waals surface area contributed by atoms with Crippen LogP contribution in [0.1, 0.15) is 74.9 Å². The zero-order chi connectivity index (χ0) is 27.3. The van der Waals surface area contributed by atoms with Gasteiger partial charge >= 0.3 is 240 Å². The molecule has 3 aromatic carbocycles. The van der Waals surface area contributed by atoms with Gasteiger partial charge in [-0.15, -0.1) is 0 Å². The molecule has 0 saturated carbocycles. The van der Waals surface area contributed by atoms with Gasteiger partial charge in [0.15, 0.2) is 0 Å². The van der Waals surface area contributed by atoms with Crippen LogP contribution in [-0.2, 0) is 33.3 Å². The summed E-state index contributed by atoms with van der Waals surface area (Å²) in [4.78, 5) is 0. The van der Waals surface area contributed by atoms with Gasteiger partial charge in [-0.1, -0.05) is 0 Å². The average Bonchev–Trinajstić information content (AvgIpc) is 3.04. The first kappa shape index (κ1) is 28.1. The third-order valence-electron chi connectivity index (χ3n) is 9.82. The Balaban J connectivity index is 2.38. The molecule has 0 aliphatic heterocycles. The van der Waals surface area contributed by atoms with Crippen molar-refractivity contribution in [1.29, 1.82) is 0 Å². The third-order valence-corrected chi connectivity index (χ3v) is 17.6. The molecule has 1 unspecified atom stereocenters. The molecule has 1 atom stereocenters. The normalized spacial score (nSPS) is 18.2. The molecule has 37 heavy (non-hydrogen) atoms. The predicted octanol–water partition coefficient (Wildman–Crippen LogP) is 7.45. The quantitative estimate of drug-likeness (QED) is 0.226. The molecule has 0 fully saturated rings. The summed E-state index contributed by atoms with van der Waals surface area (Å²) >= 11 is 2.43. The number of allylic oxidation sites excluding steroid dienone is 4. The van der Waals surface area contributed by atoms with E-state index in [2.05, 4.69) is 144 Å². The van der Waals surface area contributed by atoms with Crippen molar-refractivity contribution < 1.29 is 20.4 Å². The topological polar surface area (TPSA) is 0 Å². The SMILES string of the molecule is CCc1cc(CC)cc([Si](c2cccc(C)c2C)(c2cccc(C)c2C)C2(C)C(C)=C(C)C(C)=[C]2[Ti])c1. The van der Waals surface area contributed by atoms with Crippen molar-refractivity contribution >= 4 is 23.6 Å². The average molecular weight is 540 g/mol. The van der Waals surface area contributed by atoms with E-state index in [9.17, 15) is 0 Å². The van der Waals surface area contributed by atoms with E-state index in [-0.39, 0.29) is 5.04 Å². The summed E-state index contributed by atoms with van der Waals surface area (Å²) in [6.45, 7) is 23.7. The van der Waals surface area contributed by atoms with Gasteiger partial charge < -0.3 is 0 Å². The fourth-order valence-corrected chi connectivity index (χ4v) is 15.2. The molecule has 191 valence electrons. The minimum atomic E-state index is -2.69. The number of aryl methyl sites for hydroxylation is 4. The van der Waals surface area contributed by atoms with E-state index < -0.39 is 8.07 Å². The summed E-state index contributed by atoms with van der Waals surface area (Å²) in [5.74, 6) is 0. The first-order valence-corrected chi connectivity index (χ1v) is 16.6. The zero-order valence-corrected chi connectivity index (χ0v) is 27.2. The fourth-order valence-electron chi connectivity index (χ4n) is 6.86. The Morgan fingerprint density at radius 2 is 1.14 bits per heavy atom. The molecule has 0 heterocycles. The molecule has 0 aromatic heterocycles. The molecule has 0 nitrogen and oxygen atoms in total. The van der Waals surface area contributed by atoms with Crippen LogP contribution in [0, 0.1) is 27.7 Å². The molecule has 0 saturated heterocycles. The number of hydrogen-bond acceptors (Lipinski definition) is 0. The molecule has 0 bridgehead atoms. The molecule has 0 spiro atoms. The van der Waals surface area contributed by atoms with Crippen molar-refractivity contribution in [2.45, 2.75) is 87.1 Å². The fraction of sp³-hybridized carbons (Fsp3) is 0.371. The van der Waals surface area contributed by atoms with Crippen LogP contribution in [0.2, 0.25) is 5.04 Å². The van der Waals surface area contributed by atoms with Gasteiger partial charge in [0.1, 0.15) is 0 Å². The first-order chi connectivity index (χ1) is 17.5. The molecule has 1 aliphatic carbocycles. The third kappa shape index (κ3) is 4.05. The van der Waals surface area contributed by atoms with Crippen molar-refractivity contribution in [1.82, 2.24) is 0 Å². The van der Waals surface area contributed by atoms with Crippen molar-refractivity contribution in [3.05, 3.63) is 109 Å². The number of benzene rings is 3. The van der Waals surface area contributed by atoms with E-state index in [0.717, 1.165) is 12.8 Å². The van der Waals surface area contributed by atoms with Crippen LogP contribution < -0.4 is 15.6 Å². The minimum absolute atomic E-state index is 0.0738. The van der Waals surface area contributed by atoms with E-state index in [0.29, 0.717) is 0 Å². The molecule has 3 aromatic rings. The van der Waals surface area contributed by atoms with Crippen LogP contribution in [0.3, 0.4) is 0 Å². The Morgan fingerprint density at radius 3 is 1.51 bits per heavy atom. The predicted molar refractivity (Wildman–Crippen MR) is 161 cm³/mol. The van der Waals surface area contributed by atoms with E-state index >= 15 is 0 Å². The zero-order valence-electron chi connectivity index (χ0n) is 24.6. The monoisotopic (exact) mass is 539 g/mol. The van der Waals surface area contributed by atoms with Crippen molar-refractivity contribution in [2.75, 3.05) is 0 Å². The van der Waals surface area contributed by atoms with Gasteiger partial charge in [0.25, 0.3) is 0 Å². The Morgan fingerprint density at radius 1 is 0.676 bits per heavy atom. The second kappa shape index (κ2) is 10.3. The summed E-state index contributed by atoms with van der Waals surface area (Å²) < 4.78 is 1.55. The summed E-state index contributed by atoms with van der Waals surface area (Å²) in [5.41, 5.74) is 13.1. The van der Waals surface area contributed by atoms with Gasteiger partial charge in [-0.2, -0.15) is 0 Å². The van der Waals surface area contributed by atoms with Crippen molar-refractivity contribution in [3.63, 3.8) is 0 Å². The summed E-state index contributed by atoms with van der Waals surface area (Å²) in [6.07, 6.45) is 2.12. The van der Waals surface area contributed by atoms with Crippen LogP contribution in [0.4, 0.5) is 0 Å². The molecule has 0 radical (unpaired) electrons. The Hall–Kier alpha value is -1.93. The van der Waals surface area contributed by atoms with Crippen LogP contribution in [0.5, 0.6) is 0 Å². The maximum absolute atomic E-state index is 2.69. The maximum atomic E-state index is 2.59.